The number of carbonyl (C=O) groups is 1. The number of benzene rings is 1. The van der Waals surface area contributed by atoms with Gasteiger partial charge in [-0.3, -0.25) is 20.0 Å². The number of hydrogen-bond donors (Lipinski definition) is 2. The van der Waals surface area contributed by atoms with E-state index in [1.54, 1.807) is 31.5 Å². The number of aromatic amines is 1. The maximum absolute atomic E-state index is 12.1. The molecule has 2 aromatic rings. The van der Waals surface area contributed by atoms with Crippen LogP contribution in [-0.4, -0.2) is 21.0 Å². The monoisotopic (exact) mass is 274 g/mol. The van der Waals surface area contributed by atoms with E-state index in [1.807, 2.05) is 6.92 Å². The molecule has 7 heteroatoms. The van der Waals surface area contributed by atoms with Crippen molar-refractivity contribution < 1.29 is 9.72 Å². The van der Waals surface area contributed by atoms with Crippen molar-refractivity contribution in [3.63, 3.8) is 0 Å². The first-order chi connectivity index (χ1) is 9.49. The summed E-state index contributed by atoms with van der Waals surface area (Å²) < 4.78 is 0. The number of H-pyrrole nitrogens is 1. The third-order valence-corrected chi connectivity index (χ3v) is 3.03. The molecule has 0 radical (unpaired) electrons. The number of nitrogens with one attached hydrogen (secondary N) is 2. The van der Waals surface area contributed by atoms with E-state index in [9.17, 15) is 14.9 Å². The normalized spacial score (nSPS) is 11.9. The fraction of sp³-hybridized carbons (Fsp3) is 0.231. The lowest BCUT2D eigenvalue weighted by atomic mass is 10.1. The van der Waals surface area contributed by atoms with Crippen LogP contribution in [0.5, 0.6) is 0 Å². The molecule has 104 valence electrons. The van der Waals surface area contributed by atoms with Crippen LogP contribution in [0.15, 0.2) is 30.6 Å². The van der Waals surface area contributed by atoms with Crippen LogP contribution < -0.4 is 5.32 Å². The number of nitro benzene ring substituents is 1. The molecule has 20 heavy (non-hydrogen) atoms. The van der Waals surface area contributed by atoms with Gasteiger partial charge in [0.05, 0.1) is 17.2 Å². The SMILES string of the molecule is Cc1ccc(C(=O)NC(C)c2cn[nH]c2)cc1[N+](=O)[O-]. The molecular weight excluding hydrogens is 260 g/mol. The molecule has 1 aromatic carbocycles. The number of carbonyl (C=O) groups excluding carboxylic acids is 1. The average Bonchev–Trinajstić information content (AvgIpc) is 2.92. The van der Waals surface area contributed by atoms with Crippen molar-refractivity contribution in [3.8, 4) is 0 Å². The maximum atomic E-state index is 12.1. The predicted octanol–water partition coefficient (Wildman–Crippen LogP) is 2.12. The van der Waals surface area contributed by atoms with Crippen molar-refractivity contribution in [1.29, 1.82) is 0 Å². The summed E-state index contributed by atoms with van der Waals surface area (Å²) in [6.07, 6.45) is 3.30. The van der Waals surface area contributed by atoms with E-state index >= 15 is 0 Å². The predicted molar refractivity (Wildman–Crippen MR) is 72.3 cm³/mol. The first kappa shape index (κ1) is 13.7. The smallest absolute Gasteiger partial charge is 0.273 e. The number of nitro groups is 1. The van der Waals surface area contributed by atoms with E-state index in [1.165, 1.54) is 6.07 Å². The number of rotatable bonds is 4. The lowest BCUT2D eigenvalue weighted by Gasteiger charge is -2.12. The molecule has 0 spiro atoms. The molecule has 2 rings (SSSR count). The van der Waals surface area contributed by atoms with E-state index in [0.717, 1.165) is 5.56 Å². The molecule has 0 bridgehead atoms. The number of aromatic nitrogens is 2. The summed E-state index contributed by atoms with van der Waals surface area (Å²) in [5.74, 6) is -0.359. The Bertz CT molecular complexity index is 637. The molecule has 0 fully saturated rings. The fourth-order valence-electron chi connectivity index (χ4n) is 1.81. The van der Waals surface area contributed by atoms with Crippen LogP contribution in [0, 0.1) is 17.0 Å². The molecule has 0 aliphatic carbocycles. The number of amides is 1. The molecule has 0 saturated carbocycles. The lowest BCUT2D eigenvalue weighted by Crippen LogP contribution is -2.26. The Morgan fingerprint density at radius 2 is 2.25 bits per heavy atom. The summed E-state index contributed by atoms with van der Waals surface area (Å²) in [6, 6.07) is 4.18. The van der Waals surface area contributed by atoms with E-state index in [4.69, 9.17) is 0 Å². The summed E-state index contributed by atoms with van der Waals surface area (Å²) in [5, 5.41) is 20.1. The number of aryl methyl sites for hydroxylation is 1. The summed E-state index contributed by atoms with van der Waals surface area (Å²) >= 11 is 0. The summed E-state index contributed by atoms with van der Waals surface area (Å²) in [7, 11) is 0. The molecule has 0 saturated heterocycles. The Balaban J connectivity index is 2.17. The van der Waals surface area contributed by atoms with Gasteiger partial charge in [0, 0.05) is 29.0 Å². The van der Waals surface area contributed by atoms with Gasteiger partial charge in [-0.15, -0.1) is 0 Å². The van der Waals surface area contributed by atoms with Gasteiger partial charge in [-0.2, -0.15) is 5.10 Å². The van der Waals surface area contributed by atoms with Gasteiger partial charge in [0.15, 0.2) is 0 Å². The molecule has 1 amide bonds. The van der Waals surface area contributed by atoms with Crippen molar-refractivity contribution in [2.75, 3.05) is 0 Å². The van der Waals surface area contributed by atoms with Crippen molar-refractivity contribution >= 4 is 11.6 Å². The largest absolute Gasteiger partial charge is 0.345 e. The topological polar surface area (TPSA) is 101 Å². The first-order valence-electron chi connectivity index (χ1n) is 6.03. The van der Waals surface area contributed by atoms with Gasteiger partial charge in [-0.25, -0.2) is 0 Å². The van der Waals surface area contributed by atoms with Crippen LogP contribution in [0.25, 0.3) is 0 Å². The van der Waals surface area contributed by atoms with Gasteiger partial charge in [0.2, 0.25) is 0 Å². The van der Waals surface area contributed by atoms with Crippen molar-refractivity contribution in [2.24, 2.45) is 0 Å². The zero-order chi connectivity index (χ0) is 14.7. The molecule has 1 atom stereocenters. The highest BCUT2D eigenvalue weighted by atomic mass is 16.6. The highest BCUT2D eigenvalue weighted by molar-refractivity contribution is 5.95. The fourth-order valence-corrected chi connectivity index (χ4v) is 1.81. The molecule has 2 N–H and O–H groups in total. The summed E-state index contributed by atoms with van der Waals surface area (Å²) in [5.41, 5.74) is 1.56. The van der Waals surface area contributed by atoms with Gasteiger partial charge < -0.3 is 5.32 Å². The Kier molecular flexibility index (Phi) is 3.79. The van der Waals surface area contributed by atoms with Crippen LogP contribution >= 0.6 is 0 Å². The van der Waals surface area contributed by atoms with E-state index in [2.05, 4.69) is 15.5 Å². The summed E-state index contributed by atoms with van der Waals surface area (Å²) in [6.45, 7) is 3.44. The first-order valence-corrected chi connectivity index (χ1v) is 6.03. The van der Waals surface area contributed by atoms with Crippen LogP contribution in [0.3, 0.4) is 0 Å². The highest BCUT2D eigenvalue weighted by Gasteiger charge is 2.17. The van der Waals surface area contributed by atoms with Crippen molar-refractivity contribution in [2.45, 2.75) is 19.9 Å². The van der Waals surface area contributed by atoms with Gasteiger partial charge >= 0.3 is 0 Å². The number of hydrogen-bond acceptors (Lipinski definition) is 4. The van der Waals surface area contributed by atoms with Crippen LogP contribution in [-0.2, 0) is 0 Å². The Hall–Kier alpha value is -2.70. The van der Waals surface area contributed by atoms with Crippen molar-refractivity contribution in [1.82, 2.24) is 15.5 Å². The molecule has 0 aliphatic rings. The van der Waals surface area contributed by atoms with E-state index < -0.39 is 4.92 Å². The van der Waals surface area contributed by atoms with E-state index in [0.29, 0.717) is 5.56 Å². The molecule has 1 unspecified atom stereocenters. The van der Waals surface area contributed by atoms with Crippen molar-refractivity contribution in [3.05, 3.63) is 57.4 Å². The second kappa shape index (κ2) is 5.52. The summed E-state index contributed by atoms with van der Waals surface area (Å²) in [4.78, 5) is 22.4. The minimum absolute atomic E-state index is 0.0615. The molecule has 0 aliphatic heterocycles. The van der Waals surface area contributed by atoms with Crippen LogP contribution in [0.2, 0.25) is 0 Å². The van der Waals surface area contributed by atoms with Gasteiger partial charge in [-0.05, 0) is 19.9 Å². The standard InChI is InChI=1S/C13H14N4O3/c1-8-3-4-10(5-12(8)17(19)20)13(18)16-9(2)11-6-14-15-7-11/h3-7,9H,1-2H3,(H,14,15)(H,16,18). The van der Waals surface area contributed by atoms with E-state index in [-0.39, 0.29) is 23.2 Å². The quantitative estimate of drug-likeness (QED) is 0.658. The average molecular weight is 274 g/mol. The Labute approximate surface area is 115 Å². The Morgan fingerprint density at radius 3 is 2.85 bits per heavy atom. The second-order valence-corrected chi connectivity index (χ2v) is 4.49. The van der Waals surface area contributed by atoms with Gasteiger partial charge in [0.1, 0.15) is 0 Å². The minimum Gasteiger partial charge on any atom is -0.345 e. The van der Waals surface area contributed by atoms with Gasteiger partial charge in [0.25, 0.3) is 11.6 Å². The zero-order valence-corrected chi connectivity index (χ0v) is 11.1. The maximum Gasteiger partial charge on any atom is 0.273 e. The molecule has 7 nitrogen and oxygen atoms in total. The Morgan fingerprint density at radius 1 is 1.50 bits per heavy atom. The molecule has 1 heterocycles. The van der Waals surface area contributed by atoms with Crippen LogP contribution in [0.1, 0.15) is 34.5 Å². The highest BCUT2D eigenvalue weighted by Crippen LogP contribution is 2.20. The zero-order valence-electron chi connectivity index (χ0n) is 11.1. The minimum atomic E-state index is -0.494. The van der Waals surface area contributed by atoms with Gasteiger partial charge in [-0.1, -0.05) is 6.07 Å². The third kappa shape index (κ3) is 2.82. The molecular formula is C13H14N4O3. The lowest BCUT2D eigenvalue weighted by molar-refractivity contribution is -0.385. The number of nitrogens with zero attached hydrogens (tertiary/aromatic N) is 2. The molecule has 1 aromatic heterocycles. The third-order valence-electron chi connectivity index (χ3n) is 3.03. The second-order valence-electron chi connectivity index (χ2n) is 4.49. The van der Waals surface area contributed by atoms with Crippen LogP contribution in [0.4, 0.5) is 5.69 Å².